The van der Waals surface area contributed by atoms with Gasteiger partial charge in [-0.3, -0.25) is 4.79 Å². The predicted molar refractivity (Wildman–Crippen MR) is 139 cm³/mol. The molecule has 8 heteroatoms. The number of halogens is 3. The van der Waals surface area contributed by atoms with E-state index in [1.807, 2.05) is 51.1 Å². The fraction of sp³-hybridized carbons (Fsp3) is 0.533. The highest BCUT2D eigenvalue weighted by Gasteiger charge is 2.58. The predicted octanol–water partition coefficient (Wildman–Crippen LogP) is 6.44. The van der Waals surface area contributed by atoms with Crippen molar-refractivity contribution in [2.75, 3.05) is 0 Å². The third-order valence-electron chi connectivity index (χ3n) is 8.09. The Morgan fingerprint density at radius 2 is 1.55 bits per heavy atom. The Morgan fingerprint density at radius 3 is 2.08 bits per heavy atom. The minimum Gasteiger partial charge on any atom is -0.480 e. The van der Waals surface area contributed by atoms with Crippen molar-refractivity contribution in [3.63, 3.8) is 0 Å². The molecule has 2 aromatic rings. The summed E-state index contributed by atoms with van der Waals surface area (Å²) in [4.78, 5) is 28.5. The summed E-state index contributed by atoms with van der Waals surface area (Å²) < 4.78 is 39.2. The summed E-state index contributed by atoms with van der Waals surface area (Å²) >= 11 is 0. The van der Waals surface area contributed by atoms with Crippen LogP contribution < -0.4 is 5.32 Å². The molecule has 1 aliphatic carbocycles. The van der Waals surface area contributed by atoms with Gasteiger partial charge in [0.15, 0.2) is 0 Å². The third-order valence-corrected chi connectivity index (χ3v) is 8.09. The van der Waals surface area contributed by atoms with Gasteiger partial charge in [-0.1, -0.05) is 82.5 Å². The molecule has 1 heterocycles. The molecule has 5 nitrogen and oxygen atoms in total. The van der Waals surface area contributed by atoms with Crippen LogP contribution in [0.1, 0.15) is 75.6 Å². The van der Waals surface area contributed by atoms with E-state index in [1.165, 1.54) is 12.1 Å². The molecule has 1 saturated carbocycles. The number of likely N-dealkylation sites (tertiary alicyclic amines) is 1. The van der Waals surface area contributed by atoms with E-state index >= 15 is 0 Å². The van der Waals surface area contributed by atoms with Crippen LogP contribution in [0.5, 0.6) is 0 Å². The normalized spacial score (nSPS) is 24.9. The fourth-order valence-electron chi connectivity index (χ4n) is 6.34. The second-order valence-electron chi connectivity index (χ2n) is 11.7. The standard InChI is InChI=1S/C30H37F3N2O3/c1-29(2,3)23-24(34-18-19-14-16-22(17-15-19)30(31,32)33)25(20-10-6-4-7-11-20)35(26(23)28(37)38)27(36)21-12-8-5-9-13-21/h4,6-7,10-11,14-17,21,23-26,34H,5,8-9,12-13,18H2,1-3H3,(H,37,38)/t23-,24-,25-,26-/m0/s1. The summed E-state index contributed by atoms with van der Waals surface area (Å²) in [6.07, 6.45) is 0.0879. The van der Waals surface area contributed by atoms with Gasteiger partial charge in [-0.15, -0.1) is 0 Å². The number of carboxylic acid groups (broad SMARTS) is 1. The van der Waals surface area contributed by atoms with Crippen LogP contribution in [0.4, 0.5) is 13.2 Å². The summed E-state index contributed by atoms with van der Waals surface area (Å²) in [5, 5.41) is 14.0. The first-order valence-electron chi connectivity index (χ1n) is 13.4. The van der Waals surface area contributed by atoms with Crippen molar-refractivity contribution in [1.82, 2.24) is 10.2 Å². The van der Waals surface area contributed by atoms with E-state index in [9.17, 15) is 27.9 Å². The summed E-state index contributed by atoms with van der Waals surface area (Å²) in [5.74, 6) is -1.79. The van der Waals surface area contributed by atoms with E-state index in [0.717, 1.165) is 49.8 Å². The number of benzene rings is 2. The molecule has 206 valence electrons. The molecule has 0 bridgehead atoms. The molecule has 4 atom stereocenters. The smallest absolute Gasteiger partial charge is 0.416 e. The maximum absolute atomic E-state index is 14.1. The van der Waals surface area contributed by atoms with Crippen molar-refractivity contribution < 1.29 is 27.9 Å². The lowest BCUT2D eigenvalue weighted by Gasteiger charge is -2.36. The Morgan fingerprint density at radius 1 is 0.947 bits per heavy atom. The van der Waals surface area contributed by atoms with Gasteiger partial charge in [0, 0.05) is 24.4 Å². The van der Waals surface area contributed by atoms with Gasteiger partial charge in [0.05, 0.1) is 11.6 Å². The van der Waals surface area contributed by atoms with Gasteiger partial charge in [0.2, 0.25) is 5.91 Å². The molecule has 2 aliphatic rings. The molecule has 0 aromatic heterocycles. The monoisotopic (exact) mass is 530 g/mol. The molecule has 1 aliphatic heterocycles. The van der Waals surface area contributed by atoms with Gasteiger partial charge in [-0.05, 0) is 41.5 Å². The van der Waals surface area contributed by atoms with E-state index in [2.05, 4.69) is 5.32 Å². The second-order valence-corrected chi connectivity index (χ2v) is 11.7. The van der Waals surface area contributed by atoms with Gasteiger partial charge in [-0.25, -0.2) is 4.79 Å². The second kappa shape index (κ2) is 11.1. The van der Waals surface area contributed by atoms with E-state index in [0.29, 0.717) is 5.56 Å². The van der Waals surface area contributed by atoms with Crippen molar-refractivity contribution in [2.45, 2.75) is 83.7 Å². The summed E-state index contributed by atoms with van der Waals surface area (Å²) in [6, 6.07) is 12.5. The van der Waals surface area contributed by atoms with Crippen molar-refractivity contribution in [3.8, 4) is 0 Å². The number of rotatable bonds is 6. The largest absolute Gasteiger partial charge is 0.480 e. The summed E-state index contributed by atoms with van der Waals surface area (Å²) in [6.45, 7) is 6.20. The molecule has 4 rings (SSSR count). The van der Waals surface area contributed by atoms with E-state index in [1.54, 1.807) is 4.90 Å². The zero-order valence-electron chi connectivity index (χ0n) is 22.2. The van der Waals surface area contributed by atoms with Crippen LogP contribution in [0, 0.1) is 17.3 Å². The molecule has 2 N–H and O–H groups in total. The zero-order valence-corrected chi connectivity index (χ0v) is 22.2. The molecule has 0 radical (unpaired) electrons. The lowest BCUT2D eigenvalue weighted by molar-refractivity contribution is -0.154. The van der Waals surface area contributed by atoms with Crippen molar-refractivity contribution >= 4 is 11.9 Å². The van der Waals surface area contributed by atoms with Gasteiger partial charge in [0.1, 0.15) is 6.04 Å². The van der Waals surface area contributed by atoms with Crippen LogP contribution in [-0.2, 0) is 22.3 Å². The lowest BCUT2D eigenvalue weighted by Crippen LogP contribution is -2.49. The molecule has 2 aromatic carbocycles. The topological polar surface area (TPSA) is 69.6 Å². The molecule has 38 heavy (non-hydrogen) atoms. The number of nitrogens with one attached hydrogen (secondary N) is 1. The molecule has 1 saturated heterocycles. The third kappa shape index (κ3) is 5.90. The Kier molecular flexibility index (Phi) is 8.21. The fourth-order valence-corrected chi connectivity index (χ4v) is 6.34. The Labute approximate surface area is 222 Å². The minimum absolute atomic E-state index is 0.112. The molecule has 1 amide bonds. The van der Waals surface area contributed by atoms with Gasteiger partial charge >= 0.3 is 12.1 Å². The highest BCUT2D eigenvalue weighted by molar-refractivity contribution is 5.87. The van der Waals surface area contributed by atoms with Crippen LogP contribution >= 0.6 is 0 Å². The quantitative estimate of drug-likeness (QED) is 0.451. The average molecular weight is 531 g/mol. The Bertz CT molecular complexity index is 1110. The van der Waals surface area contributed by atoms with Crippen LogP contribution in [0.3, 0.4) is 0 Å². The molecular weight excluding hydrogens is 493 g/mol. The number of nitrogens with zero attached hydrogens (tertiary/aromatic N) is 1. The number of carbonyl (C=O) groups excluding carboxylic acids is 1. The first kappa shape index (κ1) is 28.1. The van der Waals surface area contributed by atoms with Gasteiger partial charge in [0.25, 0.3) is 0 Å². The van der Waals surface area contributed by atoms with E-state index < -0.39 is 47.2 Å². The number of aliphatic carboxylic acids is 1. The summed E-state index contributed by atoms with van der Waals surface area (Å²) in [5.41, 5.74) is 0.309. The highest BCUT2D eigenvalue weighted by atomic mass is 19.4. The van der Waals surface area contributed by atoms with Crippen LogP contribution in [0.25, 0.3) is 0 Å². The number of amides is 1. The molecular formula is C30H37F3N2O3. The van der Waals surface area contributed by atoms with Crippen LogP contribution in [-0.4, -0.2) is 34.0 Å². The zero-order chi connectivity index (χ0) is 27.7. The first-order chi connectivity index (χ1) is 17.9. The van der Waals surface area contributed by atoms with Crippen molar-refractivity contribution in [3.05, 3.63) is 71.3 Å². The molecule has 2 fully saturated rings. The molecule has 0 unspecified atom stereocenters. The average Bonchev–Trinajstić information content (AvgIpc) is 3.24. The van der Waals surface area contributed by atoms with Crippen LogP contribution in [0.15, 0.2) is 54.6 Å². The lowest BCUT2D eigenvalue weighted by atomic mass is 9.72. The number of hydrogen-bond acceptors (Lipinski definition) is 3. The number of alkyl halides is 3. The van der Waals surface area contributed by atoms with E-state index in [-0.39, 0.29) is 18.4 Å². The van der Waals surface area contributed by atoms with Crippen molar-refractivity contribution in [1.29, 1.82) is 0 Å². The summed E-state index contributed by atoms with van der Waals surface area (Å²) in [7, 11) is 0. The Balaban J connectivity index is 1.74. The SMILES string of the molecule is CC(C)(C)[C@H]1[C@H](NCc2ccc(C(F)(F)F)cc2)[C@H](c2ccccc2)N(C(=O)C2CCCCC2)[C@@H]1C(=O)O. The number of carboxylic acids is 1. The van der Waals surface area contributed by atoms with Gasteiger partial charge < -0.3 is 15.3 Å². The number of hydrogen-bond donors (Lipinski definition) is 2. The first-order valence-corrected chi connectivity index (χ1v) is 13.4. The van der Waals surface area contributed by atoms with Gasteiger partial charge in [-0.2, -0.15) is 13.2 Å². The molecule has 0 spiro atoms. The highest BCUT2D eigenvalue weighted by Crippen LogP contribution is 2.49. The Hall–Kier alpha value is -2.87. The van der Waals surface area contributed by atoms with Crippen LogP contribution in [0.2, 0.25) is 0 Å². The maximum atomic E-state index is 14.1. The van der Waals surface area contributed by atoms with Crippen molar-refractivity contribution in [2.24, 2.45) is 17.3 Å². The number of carbonyl (C=O) groups is 2. The maximum Gasteiger partial charge on any atom is 0.416 e. The van der Waals surface area contributed by atoms with E-state index in [4.69, 9.17) is 0 Å². The minimum atomic E-state index is -4.41.